The van der Waals surface area contributed by atoms with Crippen molar-refractivity contribution >= 4 is 19.7 Å². The molecule has 11 heteroatoms. The van der Waals surface area contributed by atoms with Gasteiger partial charge in [-0.1, -0.05) is 0 Å². The predicted molar refractivity (Wildman–Crippen MR) is 108 cm³/mol. The first-order valence-electron chi connectivity index (χ1n) is 9.88. The number of sulfone groups is 2. The molecule has 4 rings (SSSR count). The molecule has 0 radical (unpaired) electrons. The van der Waals surface area contributed by atoms with E-state index in [-0.39, 0.29) is 22.2 Å². The van der Waals surface area contributed by atoms with Crippen molar-refractivity contribution in [3.05, 3.63) is 18.2 Å². The van der Waals surface area contributed by atoms with Crippen LogP contribution in [0.5, 0.6) is 11.5 Å². The standard InChI is InChI=1S/C19H27NO8S2/c1-25-16-4-3-14(11-17(16)26-2)30(23,24)18-13-29(21,22)12-15(18)20-7-5-19(6-8-20)27-9-10-28-19/h3-4,11,15,18H,5-10,12-13H2,1-2H3/t15-,18-/m0/s1. The van der Waals surface area contributed by atoms with Crippen LogP contribution in [-0.2, 0) is 29.1 Å². The van der Waals surface area contributed by atoms with Gasteiger partial charge in [0.25, 0.3) is 0 Å². The summed E-state index contributed by atoms with van der Waals surface area (Å²) in [5.41, 5.74) is 0. The second-order valence-electron chi connectivity index (χ2n) is 7.89. The third kappa shape index (κ3) is 3.93. The first-order chi connectivity index (χ1) is 14.2. The monoisotopic (exact) mass is 461 g/mol. The number of piperidine rings is 1. The fourth-order valence-electron chi connectivity index (χ4n) is 4.58. The quantitative estimate of drug-likeness (QED) is 0.619. The van der Waals surface area contributed by atoms with Crippen molar-refractivity contribution in [3.63, 3.8) is 0 Å². The Morgan fingerprint density at radius 1 is 1.03 bits per heavy atom. The van der Waals surface area contributed by atoms with Crippen molar-refractivity contribution in [3.8, 4) is 11.5 Å². The van der Waals surface area contributed by atoms with Gasteiger partial charge in [-0.3, -0.25) is 4.90 Å². The second-order valence-corrected chi connectivity index (χ2v) is 12.2. The highest BCUT2D eigenvalue weighted by Gasteiger charge is 2.50. The summed E-state index contributed by atoms with van der Waals surface area (Å²) in [5, 5.41) is -1.04. The van der Waals surface area contributed by atoms with Crippen LogP contribution < -0.4 is 9.47 Å². The zero-order valence-electron chi connectivity index (χ0n) is 17.1. The van der Waals surface area contributed by atoms with Gasteiger partial charge in [0.2, 0.25) is 0 Å². The molecule has 0 saturated carbocycles. The van der Waals surface area contributed by atoms with Crippen LogP contribution in [-0.4, -0.2) is 90.8 Å². The summed E-state index contributed by atoms with van der Waals surface area (Å²) in [6.07, 6.45) is 1.18. The number of hydrogen-bond donors (Lipinski definition) is 0. The molecule has 0 aliphatic carbocycles. The highest BCUT2D eigenvalue weighted by atomic mass is 32.2. The number of hydrogen-bond acceptors (Lipinski definition) is 9. The molecular formula is C19H27NO8S2. The second kappa shape index (κ2) is 7.94. The molecule has 3 saturated heterocycles. The van der Waals surface area contributed by atoms with Crippen LogP contribution in [0.1, 0.15) is 12.8 Å². The van der Waals surface area contributed by atoms with E-state index in [4.69, 9.17) is 18.9 Å². The van der Waals surface area contributed by atoms with E-state index in [0.717, 1.165) is 0 Å². The topological polar surface area (TPSA) is 108 Å². The van der Waals surface area contributed by atoms with Crippen molar-refractivity contribution in [2.45, 2.75) is 34.8 Å². The molecule has 168 valence electrons. The molecule has 3 heterocycles. The Morgan fingerprint density at radius 2 is 1.67 bits per heavy atom. The van der Waals surface area contributed by atoms with Crippen molar-refractivity contribution in [2.75, 3.05) is 52.0 Å². The summed E-state index contributed by atoms with van der Waals surface area (Å²) < 4.78 is 73.7. The van der Waals surface area contributed by atoms with Crippen molar-refractivity contribution in [2.24, 2.45) is 0 Å². The Morgan fingerprint density at radius 3 is 2.27 bits per heavy atom. The van der Waals surface area contributed by atoms with Crippen LogP contribution in [0.3, 0.4) is 0 Å². The fourth-order valence-corrected chi connectivity index (χ4v) is 9.43. The highest BCUT2D eigenvalue weighted by molar-refractivity contribution is 7.96. The lowest BCUT2D eigenvalue weighted by molar-refractivity contribution is -0.187. The molecule has 2 atom stereocenters. The molecule has 0 N–H and O–H groups in total. The van der Waals surface area contributed by atoms with Gasteiger partial charge in [0.15, 0.2) is 37.0 Å². The Hall–Kier alpha value is -1.40. The first kappa shape index (κ1) is 21.8. The van der Waals surface area contributed by atoms with Crippen LogP contribution in [0.2, 0.25) is 0 Å². The number of nitrogens with zero attached hydrogens (tertiary/aromatic N) is 1. The molecule has 1 spiro atoms. The first-order valence-corrected chi connectivity index (χ1v) is 13.2. The molecule has 30 heavy (non-hydrogen) atoms. The Kier molecular flexibility index (Phi) is 5.77. The molecular weight excluding hydrogens is 434 g/mol. The van der Waals surface area contributed by atoms with Crippen LogP contribution in [0, 0.1) is 0 Å². The lowest BCUT2D eigenvalue weighted by atomic mass is 10.0. The molecule has 0 aromatic heterocycles. The van der Waals surface area contributed by atoms with E-state index >= 15 is 0 Å². The number of benzene rings is 1. The molecule has 0 unspecified atom stereocenters. The smallest absolute Gasteiger partial charge is 0.183 e. The minimum Gasteiger partial charge on any atom is -0.493 e. The number of methoxy groups -OCH3 is 2. The van der Waals surface area contributed by atoms with Gasteiger partial charge in [0, 0.05) is 38.0 Å². The lowest BCUT2D eigenvalue weighted by Gasteiger charge is -2.41. The van der Waals surface area contributed by atoms with E-state index in [9.17, 15) is 16.8 Å². The van der Waals surface area contributed by atoms with Gasteiger partial charge in [0.1, 0.15) is 0 Å². The van der Waals surface area contributed by atoms with Crippen molar-refractivity contribution < 1.29 is 35.8 Å². The average Bonchev–Trinajstić information content (AvgIpc) is 3.32. The van der Waals surface area contributed by atoms with Crippen molar-refractivity contribution in [1.82, 2.24) is 4.90 Å². The van der Waals surface area contributed by atoms with Gasteiger partial charge in [-0.25, -0.2) is 16.8 Å². The van der Waals surface area contributed by atoms with Gasteiger partial charge < -0.3 is 18.9 Å². The summed E-state index contributed by atoms with van der Waals surface area (Å²) in [7, 11) is -4.50. The summed E-state index contributed by atoms with van der Waals surface area (Å²) in [4.78, 5) is 1.99. The van der Waals surface area contributed by atoms with Gasteiger partial charge >= 0.3 is 0 Å². The SMILES string of the molecule is COc1ccc(S(=O)(=O)[C@H]2CS(=O)(=O)C[C@@H]2N2CCC3(CC2)OCCO3)cc1OC. The zero-order valence-corrected chi connectivity index (χ0v) is 18.7. The van der Waals surface area contributed by atoms with E-state index in [0.29, 0.717) is 44.9 Å². The van der Waals surface area contributed by atoms with Crippen LogP contribution in [0.4, 0.5) is 0 Å². The van der Waals surface area contributed by atoms with Crippen LogP contribution >= 0.6 is 0 Å². The average molecular weight is 462 g/mol. The summed E-state index contributed by atoms with van der Waals surface area (Å²) in [6, 6.07) is 3.74. The predicted octanol–water partition coefficient (Wildman–Crippen LogP) is 0.482. The highest BCUT2D eigenvalue weighted by Crippen LogP contribution is 2.37. The van der Waals surface area contributed by atoms with Gasteiger partial charge in [-0.15, -0.1) is 0 Å². The molecule has 1 aromatic rings. The van der Waals surface area contributed by atoms with Crippen LogP contribution in [0.15, 0.2) is 23.1 Å². The molecule has 3 aliphatic rings. The van der Waals surface area contributed by atoms with E-state index in [1.165, 1.54) is 32.4 Å². The van der Waals surface area contributed by atoms with E-state index in [2.05, 4.69) is 0 Å². The maximum absolute atomic E-state index is 13.5. The van der Waals surface area contributed by atoms with E-state index < -0.39 is 36.8 Å². The normalized spacial score (nSPS) is 28.6. The molecule has 3 fully saturated rings. The number of ether oxygens (including phenoxy) is 4. The number of rotatable bonds is 5. The van der Waals surface area contributed by atoms with Crippen LogP contribution in [0.25, 0.3) is 0 Å². The molecule has 1 aromatic carbocycles. The largest absolute Gasteiger partial charge is 0.493 e. The Labute approximate surface area is 177 Å². The molecule has 3 aliphatic heterocycles. The third-order valence-corrected chi connectivity index (χ3v) is 10.3. The zero-order chi connectivity index (χ0) is 21.6. The Balaban J connectivity index is 1.61. The fraction of sp³-hybridized carbons (Fsp3) is 0.684. The summed E-state index contributed by atoms with van der Waals surface area (Å²) in [5.74, 6) is -0.468. The Bertz CT molecular complexity index is 991. The molecule has 9 nitrogen and oxygen atoms in total. The van der Waals surface area contributed by atoms with E-state index in [1.807, 2.05) is 4.90 Å². The molecule has 0 amide bonds. The van der Waals surface area contributed by atoms with Gasteiger partial charge in [-0.2, -0.15) is 0 Å². The van der Waals surface area contributed by atoms with Gasteiger partial charge in [-0.05, 0) is 12.1 Å². The van der Waals surface area contributed by atoms with Gasteiger partial charge in [0.05, 0.1) is 49.1 Å². The summed E-state index contributed by atoms with van der Waals surface area (Å²) in [6.45, 7) is 2.15. The molecule has 0 bridgehead atoms. The summed E-state index contributed by atoms with van der Waals surface area (Å²) >= 11 is 0. The minimum atomic E-state index is -3.91. The van der Waals surface area contributed by atoms with E-state index in [1.54, 1.807) is 0 Å². The maximum Gasteiger partial charge on any atom is 0.183 e. The van der Waals surface area contributed by atoms with Crippen molar-refractivity contribution in [1.29, 1.82) is 0 Å². The lowest BCUT2D eigenvalue weighted by Crippen LogP contribution is -2.53. The third-order valence-electron chi connectivity index (χ3n) is 6.20. The number of likely N-dealkylation sites (tertiary alicyclic amines) is 1. The maximum atomic E-state index is 13.5. The minimum absolute atomic E-state index is 0.0307.